The molecule has 0 aromatic heterocycles. The average molecular weight is 286 g/mol. The topological polar surface area (TPSA) is 50.7 Å². The molecule has 0 aliphatic carbocycles. The van der Waals surface area contributed by atoms with Crippen LogP contribution in [0.1, 0.15) is 12.5 Å². The maximum absolute atomic E-state index is 8.75. The molecule has 0 aliphatic rings. The van der Waals surface area contributed by atoms with E-state index in [4.69, 9.17) is 21.0 Å². The van der Waals surface area contributed by atoms with Gasteiger partial charge in [-0.1, -0.05) is 18.1 Å². The molecule has 0 radical (unpaired) electrons. The van der Waals surface area contributed by atoms with Crippen LogP contribution < -0.4 is 14.8 Å². The molecule has 0 aliphatic heterocycles. The van der Waals surface area contributed by atoms with Crippen LogP contribution >= 0.6 is 12.4 Å². The lowest BCUT2D eigenvalue weighted by Gasteiger charge is -2.15. The first-order valence-electron chi connectivity index (χ1n) is 5.96. The van der Waals surface area contributed by atoms with Gasteiger partial charge in [0.15, 0.2) is 11.5 Å². The molecule has 1 rings (SSSR count). The van der Waals surface area contributed by atoms with Crippen molar-refractivity contribution in [2.75, 3.05) is 26.4 Å². The van der Waals surface area contributed by atoms with E-state index in [1.54, 1.807) is 0 Å². The molecule has 0 spiro atoms. The fraction of sp³-hybridized carbons (Fsp3) is 0.429. The molecule has 0 amide bonds. The van der Waals surface area contributed by atoms with Crippen molar-refractivity contribution in [3.8, 4) is 23.8 Å². The van der Waals surface area contributed by atoms with Crippen LogP contribution in [0.2, 0.25) is 0 Å². The molecule has 5 heteroatoms. The lowest BCUT2D eigenvalue weighted by molar-refractivity contribution is 0.287. The molecule has 1 aromatic rings. The summed E-state index contributed by atoms with van der Waals surface area (Å²) in [7, 11) is 0. The second kappa shape index (κ2) is 10.5. The molecule has 0 saturated carbocycles. The Kier molecular flexibility index (Phi) is 9.73. The zero-order valence-corrected chi connectivity index (χ0v) is 11.8. The molecule has 0 atom stereocenters. The van der Waals surface area contributed by atoms with Gasteiger partial charge >= 0.3 is 0 Å². The Hall–Kier alpha value is -1.41. The van der Waals surface area contributed by atoms with Crippen molar-refractivity contribution in [1.29, 1.82) is 0 Å². The Morgan fingerprint density at radius 1 is 1.37 bits per heavy atom. The summed E-state index contributed by atoms with van der Waals surface area (Å²) in [4.78, 5) is 0. The molecule has 0 fully saturated rings. The summed E-state index contributed by atoms with van der Waals surface area (Å²) in [6.07, 6.45) is 5.21. The number of ether oxygens (including phenoxy) is 2. The smallest absolute Gasteiger partial charge is 0.167 e. The van der Waals surface area contributed by atoms with E-state index in [1.807, 2.05) is 25.1 Å². The highest BCUT2D eigenvalue weighted by atomic mass is 35.5. The van der Waals surface area contributed by atoms with Crippen LogP contribution in [0.3, 0.4) is 0 Å². The van der Waals surface area contributed by atoms with E-state index in [-0.39, 0.29) is 25.6 Å². The summed E-state index contributed by atoms with van der Waals surface area (Å²) in [6, 6.07) is 5.70. The number of rotatable bonds is 8. The average Bonchev–Trinajstić information content (AvgIpc) is 2.38. The van der Waals surface area contributed by atoms with Crippen molar-refractivity contribution in [2.24, 2.45) is 0 Å². The fourth-order valence-electron chi connectivity index (χ4n) is 1.55. The number of aliphatic hydroxyl groups excluding tert-OH is 1. The lowest BCUT2D eigenvalue weighted by Crippen LogP contribution is -2.18. The van der Waals surface area contributed by atoms with Gasteiger partial charge in [0, 0.05) is 18.7 Å². The number of para-hydroxylation sites is 1. The van der Waals surface area contributed by atoms with E-state index in [2.05, 4.69) is 11.2 Å². The number of terminal acetylenes is 1. The van der Waals surface area contributed by atoms with Crippen LogP contribution in [0.15, 0.2) is 18.2 Å². The van der Waals surface area contributed by atoms with Crippen LogP contribution in [0, 0.1) is 12.3 Å². The Morgan fingerprint density at radius 2 is 2.16 bits per heavy atom. The molecular formula is C14H20ClNO3. The zero-order valence-electron chi connectivity index (χ0n) is 11.0. The highest BCUT2D eigenvalue weighted by Gasteiger charge is 2.10. The van der Waals surface area contributed by atoms with Crippen molar-refractivity contribution in [3.05, 3.63) is 23.8 Å². The number of hydrogen-bond acceptors (Lipinski definition) is 4. The third-order valence-corrected chi connectivity index (χ3v) is 2.26. The van der Waals surface area contributed by atoms with Crippen molar-refractivity contribution >= 4 is 12.4 Å². The molecule has 0 bridgehead atoms. The third-order valence-electron chi connectivity index (χ3n) is 2.26. The third kappa shape index (κ3) is 5.84. The fourth-order valence-corrected chi connectivity index (χ4v) is 1.55. The molecule has 4 nitrogen and oxygen atoms in total. The molecule has 106 valence electrons. The van der Waals surface area contributed by atoms with E-state index < -0.39 is 0 Å². The second-order valence-electron chi connectivity index (χ2n) is 3.57. The van der Waals surface area contributed by atoms with Gasteiger partial charge < -0.3 is 19.9 Å². The Bertz CT molecular complexity index is 404. The number of halogens is 1. The summed E-state index contributed by atoms with van der Waals surface area (Å²) in [5, 5.41) is 11.8. The van der Waals surface area contributed by atoms with Crippen molar-refractivity contribution in [3.63, 3.8) is 0 Å². The van der Waals surface area contributed by atoms with Gasteiger partial charge in [-0.2, -0.15) is 0 Å². The van der Waals surface area contributed by atoms with Gasteiger partial charge in [0.25, 0.3) is 0 Å². The Balaban J connectivity index is 0.00000324. The largest absolute Gasteiger partial charge is 0.490 e. The minimum Gasteiger partial charge on any atom is -0.490 e. The highest BCUT2D eigenvalue weighted by molar-refractivity contribution is 5.85. The first kappa shape index (κ1) is 17.6. The van der Waals surface area contributed by atoms with Gasteiger partial charge in [0.05, 0.1) is 13.2 Å². The zero-order chi connectivity index (χ0) is 13.2. The first-order valence-corrected chi connectivity index (χ1v) is 5.96. The minimum atomic E-state index is 0. The van der Waals surface area contributed by atoms with Crippen LogP contribution in [-0.4, -0.2) is 31.5 Å². The van der Waals surface area contributed by atoms with Crippen LogP contribution in [0.25, 0.3) is 0 Å². The van der Waals surface area contributed by atoms with E-state index in [1.165, 1.54) is 0 Å². The number of nitrogens with one attached hydrogen (secondary N) is 1. The van der Waals surface area contributed by atoms with Crippen LogP contribution in [0.5, 0.6) is 11.5 Å². The summed E-state index contributed by atoms with van der Waals surface area (Å²) >= 11 is 0. The van der Waals surface area contributed by atoms with Crippen LogP contribution in [0.4, 0.5) is 0 Å². The monoisotopic (exact) mass is 285 g/mol. The van der Waals surface area contributed by atoms with Gasteiger partial charge in [0.2, 0.25) is 0 Å². The molecule has 19 heavy (non-hydrogen) atoms. The summed E-state index contributed by atoms with van der Waals surface area (Å²) in [5.74, 6) is 3.80. The van der Waals surface area contributed by atoms with Crippen LogP contribution in [-0.2, 0) is 6.54 Å². The lowest BCUT2D eigenvalue weighted by atomic mass is 10.2. The molecule has 1 aromatic carbocycles. The predicted octanol–water partition coefficient (Wildman–Crippen LogP) is 1.60. The SMILES string of the molecule is C#CCOc1c(CNCCO)cccc1OCC.Cl. The van der Waals surface area contributed by atoms with Gasteiger partial charge in [-0.3, -0.25) is 0 Å². The molecule has 2 N–H and O–H groups in total. The van der Waals surface area contributed by atoms with Crippen molar-refractivity contribution < 1.29 is 14.6 Å². The molecule has 0 unspecified atom stereocenters. The second-order valence-corrected chi connectivity index (χ2v) is 3.57. The quantitative estimate of drug-likeness (QED) is 0.563. The maximum Gasteiger partial charge on any atom is 0.167 e. The highest BCUT2D eigenvalue weighted by Crippen LogP contribution is 2.31. The predicted molar refractivity (Wildman–Crippen MR) is 78.0 cm³/mol. The summed E-state index contributed by atoms with van der Waals surface area (Å²) in [6.45, 7) is 3.93. The Labute approximate surface area is 120 Å². The van der Waals surface area contributed by atoms with E-state index in [9.17, 15) is 0 Å². The molecular weight excluding hydrogens is 266 g/mol. The summed E-state index contributed by atoms with van der Waals surface area (Å²) in [5.41, 5.74) is 0.963. The standard InChI is InChI=1S/C14H19NO3.ClH/c1-3-10-18-14-12(11-15-8-9-16)6-5-7-13(14)17-4-2;/h1,5-7,15-16H,4,8-11H2,2H3;1H. The van der Waals surface area contributed by atoms with Gasteiger partial charge in [-0.25, -0.2) is 0 Å². The normalized spacial score (nSPS) is 9.32. The molecule has 0 saturated heterocycles. The van der Waals surface area contributed by atoms with Crippen molar-refractivity contribution in [2.45, 2.75) is 13.5 Å². The van der Waals surface area contributed by atoms with Crippen molar-refractivity contribution in [1.82, 2.24) is 5.32 Å². The number of benzene rings is 1. The number of aliphatic hydroxyl groups is 1. The minimum absolute atomic E-state index is 0. The van der Waals surface area contributed by atoms with Gasteiger partial charge in [-0.05, 0) is 13.0 Å². The Morgan fingerprint density at radius 3 is 2.79 bits per heavy atom. The maximum atomic E-state index is 8.75. The van der Waals surface area contributed by atoms with Gasteiger partial charge in [-0.15, -0.1) is 18.8 Å². The van der Waals surface area contributed by atoms with E-state index in [0.717, 1.165) is 5.56 Å². The number of hydrogen-bond donors (Lipinski definition) is 2. The summed E-state index contributed by atoms with van der Waals surface area (Å²) < 4.78 is 11.0. The van der Waals surface area contributed by atoms with E-state index >= 15 is 0 Å². The first-order chi connectivity index (χ1) is 8.83. The molecule has 0 heterocycles. The van der Waals surface area contributed by atoms with E-state index in [0.29, 0.717) is 31.2 Å². The van der Waals surface area contributed by atoms with Gasteiger partial charge in [0.1, 0.15) is 6.61 Å².